The van der Waals surface area contributed by atoms with E-state index in [1.807, 2.05) is 5.32 Å². The molecule has 4 heteroatoms. The van der Waals surface area contributed by atoms with Gasteiger partial charge < -0.3 is 10.4 Å². The fourth-order valence-corrected chi connectivity index (χ4v) is 0. The molecule has 0 fully saturated rings. The molecule has 0 aromatic carbocycles. The monoisotopic (exact) mass is 111 g/mol. The van der Waals surface area contributed by atoms with Gasteiger partial charge in [0.15, 0.2) is 0 Å². The van der Waals surface area contributed by atoms with Crippen molar-refractivity contribution in [1.29, 1.82) is 0 Å². The van der Waals surface area contributed by atoms with Crippen molar-refractivity contribution >= 4 is 18.5 Å². The highest BCUT2D eigenvalue weighted by Gasteiger charge is 1.76. The average Bonchev–Trinajstić information content (AvgIpc) is 1.38. The molecule has 0 aromatic heterocycles. The first-order chi connectivity index (χ1) is 2.27. The van der Waals surface area contributed by atoms with E-state index in [-0.39, 0.29) is 12.4 Å². The quantitative estimate of drug-likeness (QED) is 0.473. The van der Waals surface area contributed by atoms with Crippen LogP contribution in [-0.2, 0) is 0 Å². The van der Waals surface area contributed by atoms with Gasteiger partial charge in [-0.3, -0.25) is 0 Å². The second kappa shape index (κ2) is 4.56. The van der Waals surface area contributed by atoms with Crippen LogP contribution in [0.1, 0.15) is 0 Å². The Bertz CT molecular complexity index is 46.8. The van der Waals surface area contributed by atoms with Crippen LogP contribution in [0.25, 0.3) is 0 Å². The summed E-state index contributed by atoms with van der Waals surface area (Å²) in [5.41, 5.74) is 0. The molecule has 6 heavy (non-hydrogen) atoms. The first-order valence-electron chi connectivity index (χ1n) is 1.18. The van der Waals surface area contributed by atoms with Crippen LogP contribution in [0.4, 0.5) is 4.79 Å². The van der Waals surface area contributed by atoms with Gasteiger partial charge in [-0.2, -0.15) is 0 Å². The predicted molar refractivity (Wildman–Crippen MR) is 24.3 cm³/mol. The van der Waals surface area contributed by atoms with Gasteiger partial charge >= 0.3 is 6.09 Å². The van der Waals surface area contributed by atoms with E-state index >= 15 is 0 Å². The van der Waals surface area contributed by atoms with Crippen LogP contribution in [0, 0.1) is 0 Å². The smallest absolute Gasteiger partial charge is 0.404 e. The first-order valence-corrected chi connectivity index (χ1v) is 1.18. The maximum Gasteiger partial charge on any atom is 0.404 e. The van der Waals surface area contributed by atoms with Crippen LogP contribution in [0.5, 0.6) is 0 Å². The minimum Gasteiger partial charge on any atom is -0.465 e. The van der Waals surface area contributed by atoms with Gasteiger partial charge in [-0.15, -0.1) is 12.4 Å². The highest BCUT2D eigenvalue weighted by molar-refractivity contribution is 5.85. The molecule has 1 amide bonds. The Morgan fingerprint density at radius 3 is 2.00 bits per heavy atom. The normalized spacial score (nSPS) is 5.50. The fraction of sp³-hybridized carbons (Fsp3) is 0.500. The van der Waals surface area contributed by atoms with Crippen molar-refractivity contribution in [2.24, 2.45) is 0 Å². The van der Waals surface area contributed by atoms with Crippen LogP contribution < -0.4 is 5.32 Å². The number of carboxylic acid groups (broad SMARTS) is 1. The molecular weight excluding hydrogens is 105 g/mol. The summed E-state index contributed by atoms with van der Waals surface area (Å²) in [7, 11) is 1.35. The molecule has 0 radical (unpaired) electrons. The highest BCUT2D eigenvalue weighted by Crippen LogP contribution is 1.45. The largest absolute Gasteiger partial charge is 0.465 e. The zero-order valence-corrected chi connectivity index (χ0v) is 4.08. The van der Waals surface area contributed by atoms with Gasteiger partial charge in [0.25, 0.3) is 0 Å². The summed E-state index contributed by atoms with van der Waals surface area (Å²) in [4.78, 5) is 9.26. The zero-order chi connectivity index (χ0) is 4.28. The minimum atomic E-state index is -0.995. The number of carbonyl (C=O) groups is 1. The van der Waals surface area contributed by atoms with E-state index in [4.69, 9.17) is 5.11 Å². The Balaban J connectivity index is 0. The summed E-state index contributed by atoms with van der Waals surface area (Å²) in [5, 5.41) is 9.56. The third kappa shape index (κ3) is 9.59. The van der Waals surface area contributed by atoms with E-state index in [0.717, 1.165) is 0 Å². The van der Waals surface area contributed by atoms with Crippen LogP contribution in [0.15, 0.2) is 0 Å². The van der Waals surface area contributed by atoms with Crippen LogP contribution in [0.2, 0.25) is 0 Å². The number of rotatable bonds is 0. The lowest BCUT2D eigenvalue weighted by Gasteiger charge is -1.78. The SMILES string of the molecule is CNC(=O)O.Cl. The molecule has 0 bridgehead atoms. The molecule has 0 aliphatic rings. The number of halogens is 1. The molecule has 0 spiro atoms. The topological polar surface area (TPSA) is 49.3 Å². The molecule has 3 nitrogen and oxygen atoms in total. The summed E-state index contributed by atoms with van der Waals surface area (Å²) in [6, 6.07) is 0. The Kier molecular flexibility index (Phi) is 6.93. The van der Waals surface area contributed by atoms with E-state index in [0.29, 0.717) is 0 Å². The van der Waals surface area contributed by atoms with Crippen molar-refractivity contribution in [3.05, 3.63) is 0 Å². The molecule has 0 saturated carbocycles. The molecule has 2 N–H and O–H groups in total. The fourth-order valence-electron chi connectivity index (χ4n) is 0. The molecule has 0 aliphatic carbocycles. The summed E-state index contributed by atoms with van der Waals surface area (Å²) < 4.78 is 0. The second-order valence-corrected chi connectivity index (χ2v) is 0.555. The molecular formula is C2H6ClNO2. The first kappa shape index (κ1) is 9.12. The Hall–Kier alpha value is -0.440. The molecule has 0 heterocycles. The molecule has 0 aliphatic heterocycles. The van der Waals surface area contributed by atoms with Crippen LogP contribution in [0.3, 0.4) is 0 Å². The average molecular weight is 112 g/mol. The van der Waals surface area contributed by atoms with E-state index in [2.05, 4.69) is 0 Å². The minimum absolute atomic E-state index is 0. The standard InChI is InChI=1S/C2H5NO2.ClH/c1-3-2(4)5;/h3H,1H3,(H,4,5);1H. The van der Waals surface area contributed by atoms with Gasteiger partial charge in [0, 0.05) is 7.05 Å². The molecule has 0 aromatic rings. The summed E-state index contributed by atoms with van der Waals surface area (Å²) in [6.45, 7) is 0. The van der Waals surface area contributed by atoms with Crippen LogP contribution >= 0.6 is 12.4 Å². The Labute approximate surface area is 41.8 Å². The van der Waals surface area contributed by atoms with Gasteiger partial charge in [-0.25, -0.2) is 4.79 Å². The lowest BCUT2D eigenvalue weighted by molar-refractivity contribution is 0.197. The highest BCUT2D eigenvalue weighted by atomic mass is 35.5. The summed E-state index contributed by atoms with van der Waals surface area (Å²) in [5.74, 6) is 0. The van der Waals surface area contributed by atoms with Crippen molar-refractivity contribution in [2.75, 3.05) is 7.05 Å². The summed E-state index contributed by atoms with van der Waals surface area (Å²) in [6.07, 6.45) is -0.995. The lowest BCUT2D eigenvalue weighted by atomic mass is 11.1. The number of amides is 1. The van der Waals surface area contributed by atoms with Crippen molar-refractivity contribution < 1.29 is 9.90 Å². The molecule has 0 atom stereocenters. The van der Waals surface area contributed by atoms with E-state index in [9.17, 15) is 4.79 Å². The summed E-state index contributed by atoms with van der Waals surface area (Å²) >= 11 is 0. The van der Waals surface area contributed by atoms with Crippen molar-refractivity contribution in [3.8, 4) is 0 Å². The number of hydrogen-bond acceptors (Lipinski definition) is 1. The third-order valence-corrected chi connectivity index (χ3v) is 0.214. The van der Waals surface area contributed by atoms with Gasteiger partial charge in [0.2, 0.25) is 0 Å². The maximum atomic E-state index is 9.26. The number of hydrogen-bond donors (Lipinski definition) is 2. The molecule has 0 unspecified atom stereocenters. The van der Waals surface area contributed by atoms with E-state index in [1.165, 1.54) is 7.05 Å². The predicted octanol–water partition coefficient (Wildman–Crippen LogP) is 0.306. The Morgan fingerprint density at radius 1 is 1.83 bits per heavy atom. The van der Waals surface area contributed by atoms with Gasteiger partial charge in [0.1, 0.15) is 0 Å². The zero-order valence-electron chi connectivity index (χ0n) is 3.26. The van der Waals surface area contributed by atoms with Gasteiger partial charge in [-0.1, -0.05) is 0 Å². The molecule has 0 saturated heterocycles. The molecule has 38 valence electrons. The van der Waals surface area contributed by atoms with Crippen molar-refractivity contribution in [1.82, 2.24) is 5.32 Å². The van der Waals surface area contributed by atoms with E-state index < -0.39 is 6.09 Å². The van der Waals surface area contributed by atoms with E-state index in [1.54, 1.807) is 0 Å². The van der Waals surface area contributed by atoms with Crippen molar-refractivity contribution in [2.45, 2.75) is 0 Å². The third-order valence-electron chi connectivity index (χ3n) is 0.214. The Morgan fingerprint density at radius 2 is 2.00 bits per heavy atom. The second-order valence-electron chi connectivity index (χ2n) is 0.555. The maximum absolute atomic E-state index is 9.26. The van der Waals surface area contributed by atoms with Gasteiger partial charge in [0.05, 0.1) is 0 Å². The number of nitrogens with one attached hydrogen (secondary N) is 1. The van der Waals surface area contributed by atoms with Gasteiger partial charge in [-0.05, 0) is 0 Å². The van der Waals surface area contributed by atoms with Crippen molar-refractivity contribution in [3.63, 3.8) is 0 Å². The lowest BCUT2D eigenvalue weighted by Crippen LogP contribution is -2.13. The van der Waals surface area contributed by atoms with Crippen LogP contribution in [-0.4, -0.2) is 18.2 Å². The molecule has 0 rings (SSSR count).